The van der Waals surface area contributed by atoms with Crippen LogP contribution in [-0.2, 0) is 54.2 Å². The fourth-order valence-electron chi connectivity index (χ4n) is 7.52. The third-order valence-corrected chi connectivity index (χ3v) is 16.4. The molecular weight excluding hydrogens is 795 g/mol. The Bertz CT molecular complexity index is 1610. The Morgan fingerprint density at radius 2 is 0.679 bits per heavy atom. The van der Waals surface area contributed by atoms with Crippen molar-refractivity contribution in [2.75, 3.05) is 0 Å². The maximum atomic E-state index is 2.65. The molecule has 0 saturated heterocycles. The van der Waals surface area contributed by atoms with Gasteiger partial charge in [0, 0.05) is 0 Å². The molecule has 0 bridgehead atoms. The van der Waals surface area contributed by atoms with Gasteiger partial charge in [-0.15, -0.1) is 5.19 Å². The van der Waals surface area contributed by atoms with Gasteiger partial charge >= 0.3 is 21.7 Å². The average Bonchev–Trinajstić information content (AvgIpc) is 3.48. The maximum Gasteiger partial charge on any atom is 4.00 e. The van der Waals surface area contributed by atoms with E-state index in [-0.39, 0.29) is 91.4 Å². The maximum absolute atomic E-state index is 3.03. The minimum Gasteiger partial charge on any atom is -1.00 e. The molecule has 0 aromatic heterocycles. The monoisotopic (exact) mass is 868 g/mol. The summed E-state index contributed by atoms with van der Waals surface area (Å²) >= 11 is 0. The van der Waals surface area contributed by atoms with Gasteiger partial charge in [0.25, 0.3) is 0 Å². The summed E-state index contributed by atoms with van der Waals surface area (Å²) < 4.78 is 0. The Hall–Kier alpha value is -1.19. The zero-order valence-corrected chi connectivity index (χ0v) is 43.7. The van der Waals surface area contributed by atoms with Gasteiger partial charge in [-0.25, -0.2) is 12.1 Å². The van der Waals surface area contributed by atoms with Gasteiger partial charge in [0.15, 0.2) is 0 Å². The van der Waals surface area contributed by atoms with Crippen LogP contribution in [-0.4, -0.2) is 8.07 Å². The van der Waals surface area contributed by atoms with Gasteiger partial charge in [-0.2, -0.15) is 11.6 Å². The molecule has 4 aromatic rings. The van der Waals surface area contributed by atoms with Gasteiger partial charge in [-0.1, -0.05) is 215 Å². The molecule has 56 heavy (non-hydrogen) atoms. The smallest absolute Gasteiger partial charge is 1.00 e. The van der Waals surface area contributed by atoms with E-state index >= 15 is 0 Å². The van der Waals surface area contributed by atoms with Crippen LogP contribution in [0, 0.1) is 0 Å². The van der Waals surface area contributed by atoms with Crippen molar-refractivity contribution in [3.63, 3.8) is 0 Å². The number of hydrogen-bond donors (Lipinski definition) is 0. The van der Waals surface area contributed by atoms with E-state index < -0.39 is 8.07 Å². The molecule has 0 aliphatic heterocycles. The summed E-state index contributed by atoms with van der Waals surface area (Å²) in [6, 6.07) is 30.8. The van der Waals surface area contributed by atoms with E-state index in [4.69, 9.17) is 0 Å². The van der Waals surface area contributed by atoms with Crippen molar-refractivity contribution in [2.45, 2.75) is 183 Å². The molecule has 4 rings (SSSR count). The Kier molecular flexibility index (Phi) is 18.2. The van der Waals surface area contributed by atoms with E-state index in [1.165, 1.54) is 54.5 Å². The summed E-state index contributed by atoms with van der Waals surface area (Å²) in [7, 11) is -3.03. The normalized spacial score (nSPS) is 13.5. The molecule has 0 fully saturated rings. The molecular formula is C51H75Cl3SiTi. The Labute approximate surface area is 380 Å². The Morgan fingerprint density at radius 1 is 0.446 bits per heavy atom. The SMILES string of the molecule is CCC(C)c1ccc[c-]1[Si](c1cc(C(C)(C)C)cc(C(C)(C)C)c1)(c1cc(C(C)(C)C)cc(C(C)(C)C)c1)c1cc(C(C)(C)C)cc(C(C)(C)C)c1.[Cl-].[Cl-].[Cl-].[Ti+4]. The standard InChI is InChI=1S/C51H75Si.3ClH.Ti/c1-21-34(2)44-23-22-24-45(44)52(41-28-35(46(3,4)5)25-36(29-41)47(6,7)8,42-30-37(48(9,10)11)26-38(31-42)49(12,13)14)43-32-39(50(15,16)17)27-40(33-43)51(18,19)20;;;;/h22-34H,21H2,1-20H3;3*1H;/q-1;;;;+4/p-3. The molecule has 1 unspecified atom stereocenters. The van der Waals surface area contributed by atoms with E-state index in [9.17, 15) is 0 Å². The molecule has 0 heterocycles. The fraction of sp³-hybridized carbons (Fsp3) is 0.549. The zero-order valence-electron chi connectivity index (χ0n) is 38.8. The second-order valence-electron chi connectivity index (χ2n) is 22.4. The first-order chi connectivity index (χ1) is 23.4. The molecule has 5 heteroatoms. The minimum atomic E-state index is -3.03. The van der Waals surface area contributed by atoms with E-state index in [2.05, 4.69) is 211 Å². The predicted molar refractivity (Wildman–Crippen MR) is 237 cm³/mol. The first-order valence-electron chi connectivity index (χ1n) is 20.2. The van der Waals surface area contributed by atoms with Crippen molar-refractivity contribution in [2.24, 2.45) is 0 Å². The number of hydrogen-bond acceptors (Lipinski definition) is 0. The van der Waals surface area contributed by atoms with Crippen molar-refractivity contribution in [1.29, 1.82) is 0 Å². The summed E-state index contributed by atoms with van der Waals surface area (Å²) in [5, 5.41) is 6.09. The second kappa shape index (κ2) is 18.6. The van der Waals surface area contributed by atoms with Crippen molar-refractivity contribution < 1.29 is 58.9 Å². The molecule has 1 atom stereocenters. The van der Waals surface area contributed by atoms with Gasteiger partial charge < -0.3 is 37.2 Å². The van der Waals surface area contributed by atoms with Crippen LogP contribution >= 0.6 is 0 Å². The van der Waals surface area contributed by atoms with Gasteiger partial charge in [-0.05, 0) is 71.8 Å². The van der Waals surface area contributed by atoms with Crippen LogP contribution in [0.2, 0.25) is 0 Å². The van der Waals surface area contributed by atoms with Gasteiger partial charge in [0.05, 0.1) is 0 Å². The summed E-state index contributed by atoms with van der Waals surface area (Å²) in [6.45, 7) is 47.9. The van der Waals surface area contributed by atoms with Crippen LogP contribution in [0.1, 0.15) is 190 Å². The summed E-state index contributed by atoms with van der Waals surface area (Å²) in [4.78, 5) is 0. The summed E-state index contributed by atoms with van der Waals surface area (Å²) in [5.41, 5.74) is 10.0. The van der Waals surface area contributed by atoms with Crippen LogP contribution in [0.3, 0.4) is 0 Å². The van der Waals surface area contributed by atoms with Crippen molar-refractivity contribution in [1.82, 2.24) is 0 Å². The van der Waals surface area contributed by atoms with Gasteiger partial charge in [0.1, 0.15) is 8.07 Å². The van der Waals surface area contributed by atoms with E-state index in [0.717, 1.165) is 6.42 Å². The number of rotatable bonds is 6. The molecule has 0 nitrogen and oxygen atoms in total. The molecule has 0 saturated carbocycles. The van der Waals surface area contributed by atoms with Crippen LogP contribution in [0.15, 0.2) is 72.8 Å². The molecule has 0 radical (unpaired) electrons. The van der Waals surface area contributed by atoms with Gasteiger partial charge in [-0.3, -0.25) is 0 Å². The third-order valence-electron chi connectivity index (χ3n) is 11.7. The molecule has 0 spiro atoms. The topological polar surface area (TPSA) is 0 Å². The number of benzene rings is 3. The largest absolute Gasteiger partial charge is 4.00 e. The quantitative estimate of drug-likeness (QED) is 0.159. The molecule has 0 aliphatic carbocycles. The molecule has 4 aromatic carbocycles. The molecule has 0 N–H and O–H groups in total. The van der Waals surface area contributed by atoms with E-state index in [1.807, 2.05) is 0 Å². The molecule has 0 aliphatic rings. The first-order valence-corrected chi connectivity index (χ1v) is 22.2. The fourth-order valence-corrected chi connectivity index (χ4v) is 12.8. The van der Waals surface area contributed by atoms with Gasteiger partial charge in [0.2, 0.25) is 0 Å². The van der Waals surface area contributed by atoms with Crippen molar-refractivity contribution in [3.8, 4) is 0 Å². The summed E-state index contributed by atoms with van der Waals surface area (Å²) in [6.07, 6.45) is 1.11. The van der Waals surface area contributed by atoms with Crippen molar-refractivity contribution >= 4 is 28.8 Å². The van der Waals surface area contributed by atoms with Crippen LogP contribution < -0.4 is 58.0 Å². The van der Waals surface area contributed by atoms with Crippen LogP contribution in [0.5, 0.6) is 0 Å². The van der Waals surface area contributed by atoms with Crippen LogP contribution in [0.25, 0.3) is 0 Å². The first kappa shape index (κ1) is 54.8. The minimum absolute atomic E-state index is 0. The second-order valence-corrected chi connectivity index (χ2v) is 26.1. The van der Waals surface area contributed by atoms with Crippen LogP contribution in [0.4, 0.5) is 0 Å². The zero-order chi connectivity index (χ0) is 39.6. The average molecular weight is 870 g/mol. The van der Waals surface area contributed by atoms with E-state index in [1.54, 1.807) is 5.19 Å². The van der Waals surface area contributed by atoms with Crippen molar-refractivity contribution in [3.05, 3.63) is 112 Å². The van der Waals surface area contributed by atoms with E-state index in [0.29, 0.717) is 5.92 Å². The molecule has 308 valence electrons. The number of halogens is 3. The summed E-state index contributed by atoms with van der Waals surface area (Å²) in [5.74, 6) is 0.450. The Balaban J connectivity index is 0.00000756. The predicted octanol–water partition coefficient (Wildman–Crippen LogP) is 3.09. The molecule has 0 amide bonds. The third kappa shape index (κ3) is 11.5. The Morgan fingerprint density at radius 3 is 0.875 bits per heavy atom.